The van der Waals surface area contributed by atoms with E-state index in [1.807, 2.05) is 44.2 Å². The summed E-state index contributed by atoms with van der Waals surface area (Å²) in [4.78, 5) is 12.7. The smallest absolute Gasteiger partial charge is 0.226 e. The van der Waals surface area contributed by atoms with E-state index >= 15 is 0 Å². The molecule has 4 aromatic rings. The van der Waals surface area contributed by atoms with Gasteiger partial charge >= 0.3 is 0 Å². The Morgan fingerprint density at radius 1 is 1.17 bits per heavy atom. The molecule has 1 aliphatic rings. The number of ether oxygens (including phenoxy) is 1. The predicted molar refractivity (Wildman–Crippen MR) is 113 cm³/mol. The molecule has 1 N–H and O–H groups in total. The van der Waals surface area contributed by atoms with Crippen LogP contribution < -0.4 is 10.1 Å². The Morgan fingerprint density at radius 3 is 2.80 bits per heavy atom. The summed E-state index contributed by atoms with van der Waals surface area (Å²) in [5.74, 6) is 2.32. The fraction of sp³-hybridized carbons (Fsp3) is 0.250. The number of aromatic nitrogens is 6. The van der Waals surface area contributed by atoms with Crippen molar-refractivity contribution in [3.8, 4) is 11.6 Å². The first kappa shape index (κ1) is 18.7. The van der Waals surface area contributed by atoms with Gasteiger partial charge in [0.2, 0.25) is 5.91 Å². The van der Waals surface area contributed by atoms with Crippen molar-refractivity contribution >= 4 is 33.3 Å². The van der Waals surface area contributed by atoms with Crippen molar-refractivity contribution in [2.45, 2.75) is 26.2 Å². The maximum Gasteiger partial charge on any atom is 0.226 e. The van der Waals surface area contributed by atoms with E-state index in [0.717, 1.165) is 27.0 Å². The molecule has 0 bridgehead atoms. The highest BCUT2D eigenvalue weighted by Gasteiger charge is 2.34. The Bertz CT molecular complexity index is 1310. The van der Waals surface area contributed by atoms with Gasteiger partial charge in [-0.05, 0) is 44.2 Å². The van der Waals surface area contributed by atoms with Gasteiger partial charge in [-0.3, -0.25) is 4.79 Å². The number of methoxy groups -OCH3 is 1. The molecule has 0 spiro atoms. The fourth-order valence-corrected chi connectivity index (χ4v) is 4.33. The molecule has 1 amide bonds. The van der Waals surface area contributed by atoms with Crippen LogP contribution in [0.4, 0.5) is 5.82 Å². The van der Waals surface area contributed by atoms with Gasteiger partial charge in [-0.25, -0.2) is 0 Å². The molecule has 30 heavy (non-hydrogen) atoms. The normalized spacial score (nSPS) is 15.9. The predicted octanol–water partition coefficient (Wildman–Crippen LogP) is 3.17. The molecule has 3 aromatic heterocycles. The Balaban J connectivity index is 1.70. The van der Waals surface area contributed by atoms with Crippen molar-refractivity contribution in [3.05, 3.63) is 57.4 Å². The second kappa shape index (κ2) is 6.91. The standard InChI is InChI=1S/C20H18BrN7O2/c1-10-19-14(13-8-12(21)4-5-15(13)30-3)9-18(29)22-20(19)28(25-10)17-7-6-16-24-23-11(2)27(16)26-17/h4-8,14H,9H2,1-3H3,(H,22,29)/t14-/m0/s1. The SMILES string of the molecule is COc1ccc(Br)cc1[C@@H]1CC(=O)Nc2c1c(C)nn2-c1ccc2nnc(C)n2n1. The number of hydrogen-bond donors (Lipinski definition) is 1. The minimum absolute atomic E-state index is 0.0859. The van der Waals surface area contributed by atoms with Gasteiger partial charge < -0.3 is 10.1 Å². The van der Waals surface area contributed by atoms with Crippen LogP contribution in [0.15, 0.2) is 34.8 Å². The lowest BCUT2D eigenvalue weighted by molar-refractivity contribution is -0.116. The summed E-state index contributed by atoms with van der Waals surface area (Å²) < 4.78 is 9.82. The van der Waals surface area contributed by atoms with E-state index in [1.54, 1.807) is 16.3 Å². The quantitative estimate of drug-likeness (QED) is 0.496. The molecule has 10 heteroatoms. The van der Waals surface area contributed by atoms with E-state index in [1.165, 1.54) is 0 Å². The third kappa shape index (κ3) is 2.86. The number of amides is 1. The Labute approximate surface area is 180 Å². The average Bonchev–Trinajstić information content (AvgIpc) is 3.27. The van der Waals surface area contributed by atoms with Crippen molar-refractivity contribution in [2.24, 2.45) is 0 Å². The molecule has 0 unspecified atom stereocenters. The molecule has 152 valence electrons. The number of aryl methyl sites for hydroxylation is 2. The van der Waals surface area contributed by atoms with Crippen LogP contribution in [0, 0.1) is 13.8 Å². The molecular formula is C20H18BrN7O2. The zero-order valence-corrected chi connectivity index (χ0v) is 18.1. The molecular weight excluding hydrogens is 450 g/mol. The topological polar surface area (TPSA) is 99.2 Å². The van der Waals surface area contributed by atoms with Gasteiger partial charge in [0.05, 0.1) is 12.8 Å². The summed E-state index contributed by atoms with van der Waals surface area (Å²) >= 11 is 3.53. The number of fused-ring (bicyclic) bond motifs is 2. The summed E-state index contributed by atoms with van der Waals surface area (Å²) in [7, 11) is 1.63. The number of benzene rings is 1. The Morgan fingerprint density at radius 2 is 2.00 bits per heavy atom. The second-order valence-electron chi connectivity index (χ2n) is 7.16. The van der Waals surface area contributed by atoms with E-state index in [2.05, 4.69) is 36.5 Å². The van der Waals surface area contributed by atoms with Gasteiger partial charge in [0.25, 0.3) is 0 Å². The largest absolute Gasteiger partial charge is 0.496 e. The number of carbonyl (C=O) groups is 1. The number of nitrogens with zero attached hydrogens (tertiary/aromatic N) is 6. The highest BCUT2D eigenvalue weighted by Crippen LogP contribution is 2.43. The third-order valence-corrected chi connectivity index (χ3v) is 5.78. The first-order chi connectivity index (χ1) is 14.5. The minimum atomic E-state index is -0.185. The zero-order valence-electron chi connectivity index (χ0n) is 16.5. The number of rotatable bonds is 3. The fourth-order valence-electron chi connectivity index (χ4n) is 3.96. The highest BCUT2D eigenvalue weighted by atomic mass is 79.9. The highest BCUT2D eigenvalue weighted by molar-refractivity contribution is 9.10. The minimum Gasteiger partial charge on any atom is -0.496 e. The van der Waals surface area contributed by atoms with Gasteiger partial charge in [-0.1, -0.05) is 15.9 Å². The van der Waals surface area contributed by atoms with E-state index < -0.39 is 0 Å². The summed E-state index contributed by atoms with van der Waals surface area (Å²) in [5.41, 5.74) is 3.35. The first-order valence-electron chi connectivity index (χ1n) is 9.38. The van der Waals surface area contributed by atoms with Gasteiger partial charge in [0, 0.05) is 27.9 Å². The Kier molecular flexibility index (Phi) is 4.31. The lowest BCUT2D eigenvalue weighted by Gasteiger charge is -2.25. The maximum atomic E-state index is 12.7. The van der Waals surface area contributed by atoms with Crippen LogP contribution in [0.25, 0.3) is 11.5 Å². The molecule has 1 atom stereocenters. The molecule has 0 fully saturated rings. The Hall–Kier alpha value is -3.27. The van der Waals surface area contributed by atoms with Crippen molar-refractivity contribution in [1.82, 2.24) is 29.6 Å². The third-order valence-electron chi connectivity index (χ3n) is 5.29. The molecule has 0 saturated heterocycles. The molecule has 0 radical (unpaired) electrons. The average molecular weight is 468 g/mol. The number of nitrogens with one attached hydrogen (secondary N) is 1. The van der Waals surface area contributed by atoms with Gasteiger partial charge in [0.1, 0.15) is 11.6 Å². The maximum absolute atomic E-state index is 12.7. The van der Waals surface area contributed by atoms with E-state index in [-0.39, 0.29) is 11.8 Å². The zero-order chi connectivity index (χ0) is 21.0. The number of halogens is 1. The van der Waals surface area contributed by atoms with Crippen LogP contribution in [-0.4, -0.2) is 42.6 Å². The van der Waals surface area contributed by atoms with E-state index in [4.69, 9.17) is 9.84 Å². The number of carbonyl (C=O) groups excluding carboxylic acids is 1. The van der Waals surface area contributed by atoms with Crippen molar-refractivity contribution < 1.29 is 9.53 Å². The van der Waals surface area contributed by atoms with E-state index in [0.29, 0.717) is 29.5 Å². The molecule has 9 nitrogen and oxygen atoms in total. The summed E-state index contributed by atoms with van der Waals surface area (Å²) in [5, 5.41) is 20.4. The van der Waals surface area contributed by atoms with E-state index in [9.17, 15) is 4.79 Å². The van der Waals surface area contributed by atoms with Gasteiger partial charge in [-0.15, -0.1) is 15.3 Å². The summed E-state index contributed by atoms with van der Waals surface area (Å²) in [6.07, 6.45) is 0.309. The van der Waals surface area contributed by atoms with Crippen molar-refractivity contribution in [2.75, 3.05) is 12.4 Å². The van der Waals surface area contributed by atoms with Crippen molar-refractivity contribution in [1.29, 1.82) is 0 Å². The molecule has 0 aliphatic carbocycles. The summed E-state index contributed by atoms with van der Waals surface area (Å²) in [6, 6.07) is 9.45. The van der Waals surface area contributed by atoms with Crippen LogP contribution in [0.5, 0.6) is 5.75 Å². The second-order valence-corrected chi connectivity index (χ2v) is 8.08. The molecule has 5 rings (SSSR count). The first-order valence-corrected chi connectivity index (χ1v) is 10.2. The van der Waals surface area contributed by atoms with Gasteiger partial charge in [-0.2, -0.15) is 14.3 Å². The molecule has 0 saturated carbocycles. The monoisotopic (exact) mass is 467 g/mol. The van der Waals surface area contributed by atoms with Crippen LogP contribution in [-0.2, 0) is 4.79 Å². The van der Waals surface area contributed by atoms with Gasteiger partial charge in [0.15, 0.2) is 17.3 Å². The molecule has 1 aromatic carbocycles. The lowest BCUT2D eigenvalue weighted by atomic mass is 9.85. The van der Waals surface area contributed by atoms with Crippen LogP contribution in [0.3, 0.4) is 0 Å². The molecule has 1 aliphatic heterocycles. The number of hydrogen-bond acceptors (Lipinski definition) is 6. The summed E-state index contributed by atoms with van der Waals surface area (Å²) in [6.45, 7) is 3.77. The van der Waals surface area contributed by atoms with Crippen LogP contribution in [0.1, 0.15) is 35.0 Å². The lowest BCUT2D eigenvalue weighted by Crippen LogP contribution is -2.25. The molecule has 4 heterocycles. The van der Waals surface area contributed by atoms with Crippen LogP contribution in [0.2, 0.25) is 0 Å². The number of anilines is 1. The van der Waals surface area contributed by atoms with Crippen LogP contribution >= 0.6 is 15.9 Å². The van der Waals surface area contributed by atoms with Crippen molar-refractivity contribution in [3.63, 3.8) is 0 Å².